The molecule has 146 valence electrons. The first kappa shape index (κ1) is 20.8. The molecule has 1 aromatic heterocycles. The normalized spacial score (nSPS) is 27.5. The Morgan fingerprint density at radius 3 is 2.69 bits per heavy atom. The number of aliphatic hydroxyl groups is 1. The fraction of sp³-hybridized carbons (Fsp3) is 0.714. The Morgan fingerprint density at radius 1 is 1.42 bits per heavy atom. The molecule has 3 N–H and O–H groups in total. The van der Waals surface area contributed by atoms with Gasteiger partial charge in [-0.05, 0) is 13.8 Å². The van der Waals surface area contributed by atoms with Crippen LogP contribution in [0.4, 0.5) is 0 Å². The van der Waals surface area contributed by atoms with Crippen LogP contribution in [-0.2, 0) is 23.3 Å². The number of ether oxygens (including phenoxy) is 3. The monoisotopic (exact) mass is 393 g/mol. The molecule has 11 nitrogen and oxygen atoms in total. The van der Waals surface area contributed by atoms with Crippen molar-refractivity contribution in [2.45, 2.75) is 44.5 Å². The number of rotatable bonds is 8. The van der Waals surface area contributed by atoms with Gasteiger partial charge in [0.1, 0.15) is 12.2 Å². The molecule has 0 saturated carbocycles. The molecule has 0 amide bonds. The van der Waals surface area contributed by atoms with E-state index in [2.05, 4.69) is 4.98 Å². The second-order valence-electron chi connectivity index (χ2n) is 5.90. The SMILES string of the molecule is COC[C@@H](C)OC1C(O[P+](=O)O)[C@@H](CO)O[C@H]1n1cc(C)c(=O)[nH]c1=O. The Morgan fingerprint density at radius 2 is 2.12 bits per heavy atom. The van der Waals surface area contributed by atoms with Crippen LogP contribution in [0.15, 0.2) is 15.8 Å². The third-order valence-corrected chi connectivity index (χ3v) is 4.31. The van der Waals surface area contributed by atoms with Gasteiger partial charge in [0.15, 0.2) is 12.3 Å². The van der Waals surface area contributed by atoms with Gasteiger partial charge in [0.2, 0.25) is 0 Å². The molecular formula is C14H22N2O9P+. The van der Waals surface area contributed by atoms with Gasteiger partial charge >= 0.3 is 13.9 Å². The first-order valence-corrected chi connectivity index (χ1v) is 8.97. The highest BCUT2D eigenvalue weighted by atomic mass is 31.1. The molecule has 0 bridgehead atoms. The van der Waals surface area contributed by atoms with Crippen molar-refractivity contribution >= 4 is 8.25 Å². The molecule has 1 fully saturated rings. The second-order valence-corrected chi connectivity index (χ2v) is 6.59. The van der Waals surface area contributed by atoms with E-state index in [0.29, 0.717) is 0 Å². The Hall–Kier alpha value is -1.46. The van der Waals surface area contributed by atoms with Crippen molar-refractivity contribution < 1.29 is 33.3 Å². The van der Waals surface area contributed by atoms with Crippen molar-refractivity contribution in [3.63, 3.8) is 0 Å². The van der Waals surface area contributed by atoms with E-state index < -0.39 is 56.8 Å². The minimum atomic E-state index is -3.01. The van der Waals surface area contributed by atoms with Crippen LogP contribution >= 0.6 is 8.25 Å². The van der Waals surface area contributed by atoms with Gasteiger partial charge in [0.25, 0.3) is 5.56 Å². The molecule has 0 aliphatic carbocycles. The zero-order chi connectivity index (χ0) is 19.4. The van der Waals surface area contributed by atoms with Crippen LogP contribution in [0, 0.1) is 6.92 Å². The van der Waals surface area contributed by atoms with Gasteiger partial charge in [-0.3, -0.25) is 14.3 Å². The van der Waals surface area contributed by atoms with Gasteiger partial charge in [-0.1, -0.05) is 0 Å². The van der Waals surface area contributed by atoms with Crippen molar-refractivity contribution in [1.29, 1.82) is 0 Å². The molecule has 1 aromatic rings. The number of hydrogen-bond acceptors (Lipinski definition) is 8. The topological polar surface area (TPSA) is 149 Å². The number of aromatic nitrogens is 2. The first-order valence-electron chi connectivity index (χ1n) is 7.84. The number of aliphatic hydroxyl groups excluding tert-OH is 1. The van der Waals surface area contributed by atoms with E-state index in [1.54, 1.807) is 6.92 Å². The molecule has 6 atom stereocenters. The summed E-state index contributed by atoms with van der Waals surface area (Å²) in [5.41, 5.74) is -1.03. The largest absolute Gasteiger partial charge is 0.695 e. The lowest BCUT2D eigenvalue weighted by Crippen LogP contribution is -2.42. The summed E-state index contributed by atoms with van der Waals surface area (Å²) in [6, 6.07) is 0. The standard InChI is InChI=1S/C14H21N2O9P/c1-7-4-16(14(19)15-12(7)18)13-11(23-8(2)6-22-3)10(25-26(20)21)9(5-17)24-13/h4,8-11,13,17H,5-6H2,1-3H3,(H-,15,18,19,20,21)/p+1/t8-,9-,10?,11?,13-/m1/s1. The maximum atomic E-state index is 12.2. The first-order chi connectivity index (χ1) is 12.3. The van der Waals surface area contributed by atoms with Crippen LogP contribution in [-0.4, -0.2) is 64.3 Å². The van der Waals surface area contributed by atoms with Crippen LogP contribution in [0.3, 0.4) is 0 Å². The summed E-state index contributed by atoms with van der Waals surface area (Å²) in [4.78, 5) is 35.1. The van der Waals surface area contributed by atoms with Crippen molar-refractivity contribution in [3.05, 3.63) is 32.6 Å². The molecule has 0 radical (unpaired) electrons. The zero-order valence-corrected chi connectivity index (χ0v) is 15.4. The number of nitrogens with zero attached hydrogens (tertiary/aromatic N) is 1. The maximum Gasteiger partial charge on any atom is 0.695 e. The smallest absolute Gasteiger partial charge is 0.394 e. The van der Waals surface area contributed by atoms with Crippen LogP contribution in [0.5, 0.6) is 0 Å². The predicted molar refractivity (Wildman–Crippen MR) is 88.0 cm³/mol. The lowest BCUT2D eigenvalue weighted by molar-refractivity contribution is -0.109. The molecule has 0 aromatic carbocycles. The molecule has 26 heavy (non-hydrogen) atoms. The third kappa shape index (κ3) is 4.63. The molecular weight excluding hydrogens is 371 g/mol. The van der Waals surface area contributed by atoms with Crippen LogP contribution in [0.1, 0.15) is 18.7 Å². The molecule has 2 heterocycles. The summed E-state index contributed by atoms with van der Waals surface area (Å²) in [5.74, 6) is 0. The number of aryl methyl sites for hydroxylation is 1. The number of H-pyrrole nitrogens is 1. The number of methoxy groups -OCH3 is 1. The summed E-state index contributed by atoms with van der Waals surface area (Å²) in [6.45, 7) is 2.89. The van der Waals surface area contributed by atoms with Crippen LogP contribution in [0.25, 0.3) is 0 Å². The van der Waals surface area contributed by atoms with E-state index in [0.717, 1.165) is 4.57 Å². The van der Waals surface area contributed by atoms with Crippen molar-refractivity contribution in [1.82, 2.24) is 9.55 Å². The highest BCUT2D eigenvalue weighted by Gasteiger charge is 2.52. The summed E-state index contributed by atoms with van der Waals surface area (Å²) in [6.07, 6.45) is -3.39. The highest BCUT2D eigenvalue weighted by molar-refractivity contribution is 7.32. The van der Waals surface area contributed by atoms with Gasteiger partial charge in [-0.2, -0.15) is 0 Å². The summed E-state index contributed by atoms with van der Waals surface area (Å²) < 4.78 is 33.7. The van der Waals surface area contributed by atoms with E-state index >= 15 is 0 Å². The predicted octanol–water partition coefficient (Wildman–Crippen LogP) is -0.810. The molecule has 1 saturated heterocycles. The summed E-state index contributed by atoms with van der Waals surface area (Å²) in [5, 5.41) is 9.53. The van der Waals surface area contributed by atoms with Crippen molar-refractivity contribution in [2.75, 3.05) is 20.3 Å². The Balaban J connectivity index is 2.44. The fourth-order valence-electron chi connectivity index (χ4n) is 2.77. The quantitative estimate of drug-likeness (QED) is 0.482. The number of aromatic amines is 1. The molecule has 1 aliphatic rings. The van der Waals surface area contributed by atoms with E-state index in [-0.39, 0.29) is 12.2 Å². The number of hydrogen-bond donors (Lipinski definition) is 3. The minimum absolute atomic E-state index is 0.213. The van der Waals surface area contributed by atoms with Crippen LogP contribution in [0.2, 0.25) is 0 Å². The molecule has 3 unspecified atom stereocenters. The van der Waals surface area contributed by atoms with Gasteiger partial charge in [0, 0.05) is 23.4 Å². The molecule has 2 rings (SSSR count). The fourth-order valence-corrected chi connectivity index (χ4v) is 3.24. The van der Waals surface area contributed by atoms with Crippen molar-refractivity contribution in [2.24, 2.45) is 0 Å². The molecule has 12 heteroatoms. The summed E-state index contributed by atoms with van der Waals surface area (Å²) in [7, 11) is -1.53. The Bertz CT molecular complexity index is 749. The van der Waals surface area contributed by atoms with E-state index in [1.807, 2.05) is 0 Å². The Kier molecular flexibility index (Phi) is 7.18. The third-order valence-electron chi connectivity index (χ3n) is 3.89. The van der Waals surface area contributed by atoms with Gasteiger partial charge < -0.3 is 19.3 Å². The van der Waals surface area contributed by atoms with Gasteiger partial charge in [-0.25, -0.2) is 4.79 Å². The zero-order valence-electron chi connectivity index (χ0n) is 14.5. The summed E-state index contributed by atoms with van der Waals surface area (Å²) >= 11 is 0. The van der Waals surface area contributed by atoms with E-state index in [1.165, 1.54) is 20.2 Å². The van der Waals surface area contributed by atoms with E-state index in [4.69, 9.17) is 23.6 Å². The van der Waals surface area contributed by atoms with Gasteiger partial charge in [0.05, 0.1) is 19.3 Å². The average Bonchev–Trinajstić information content (AvgIpc) is 2.88. The highest BCUT2D eigenvalue weighted by Crippen LogP contribution is 2.37. The van der Waals surface area contributed by atoms with Crippen molar-refractivity contribution in [3.8, 4) is 0 Å². The average molecular weight is 393 g/mol. The number of nitrogens with one attached hydrogen (secondary N) is 1. The Labute approximate surface area is 149 Å². The maximum absolute atomic E-state index is 12.2. The van der Waals surface area contributed by atoms with Gasteiger partial charge in [-0.15, -0.1) is 9.42 Å². The molecule has 0 spiro atoms. The van der Waals surface area contributed by atoms with E-state index in [9.17, 15) is 19.3 Å². The second kappa shape index (κ2) is 8.96. The lowest BCUT2D eigenvalue weighted by atomic mass is 10.1. The van der Waals surface area contributed by atoms with Crippen LogP contribution < -0.4 is 11.2 Å². The molecule has 1 aliphatic heterocycles. The lowest BCUT2D eigenvalue weighted by Gasteiger charge is -2.25. The minimum Gasteiger partial charge on any atom is -0.394 e.